The second-order valence-electron chi connectivity index (χ2n) is 5.72. The topological polar surface area (TPSA) is 21.8 Å². The highest BCUT2D eigenvalue weighted by molar-refractivity contribution is 6.08. The SMILES string of the molecule is CC(C)(C[SiH3])CC(C)(C)OCC1CO1. The summed E-state index contributed by atoms with van der Waals surface area (Å²) in [5.41, 5.74) is 0.431. The monoisotopic (exact) mass is 216 g/mol. The van der Waals surface area contributed by atoms with Crippen molar-refractivity contribution in [2.45, 2.75) is 51.9 Å². The first-order chi connectivity index (χ1) is 6.35. The number of rotatable bonds is 6. The highest BCUT2D eigenvalue weighted by Crippen LogP contribution is 2.33. The van der Waals surface area contributed by atoms with Crippen molar-refractivity contribution in [3.63, 3.8) is 0 Å². The van der Waals surface area contributed by atoms with Gasteiger partial charge in [-0.25, -0.2) is 0 Å². The quantitative estimate of drug-likeness (QED) is 0.494. The van der Waals surface area contributed by atoms with Crippen molar-refractivity contribution in [3.8, 4) is 0 Å². The predicted octanol–water partition coefficient (Wildman–Crippen LogP) is 1.38. The summed E-state index contributed by atoms with van der Waals surface area (Å²) >= 11 is 0. The summed E-state index contributed by atoms with van der Waals surface area (Å²) in [5.74, 6) is 0. The van der Waals surface area contributed by atoms with E-state index in [9.17, 15) is 0 Å². The molecular weight excluding hydrogens is 192 g/mol. The fraction of sp³-hybridized carbons (Fsp3) is 1.00. The minimum absolute atomic E-state index is 0.000139. The van der Waals surface area contributed by atoms with Crippen LogP contribution >= 0.6 is 0 Å². The zero-order chi connectivity index (χ0) is 10.8. The van der Waals surface area contributed by atoms with E-state index in [1.165, 1.54) is 16.3 Å². The van der Waals surface area contributed by atoms with E-state index in [1.807, 2.05) is 0 Å². The Morgan fingerprint density at radius 1 is 1.36 bits per heavy atom. The van der Waals surface area contributed by atoms with Gasteiger partial charge in [-0.05, 0) is 25.7 Å². The molecule has 0 aliphatic carbocycles. The van der Waals surface area contributed by atoms with Gasteiger partial charge in [-0.3, -0.25) is 0 Å². The van der Waals surface area contributed by atoms with Crippen LogP contribution in [0.4, 0.5) is 0 Å². The van der Waals surface area contributed by atoms with E-state index in [2.05, 4.69) is 27.7 Å². The molecule has 84 valence electrons. The molecule has 14 heavy (non-hydrogen) atoms. The van der Waals surface area contributed by atoms with Crippen LogP contribution in [0.1, 0.15) is 34.1 Å². The lowest BCUT2D eigenvalue weighted by atomic mass is 9.83. The molecule has 1 rings (SSSR count). The van der Waals surface area contributed by atoms with Gasteiger partial charge in [0.1, 0.15) is 6.10 Å². The molecule has 1 heterocycles. The fourth-order valence-electron chi connectivity index (χ4n) is 1.81. The van der Waals surface area contributed by atoms with Gasteiger partial charge in [0.15, 0.2) is 0 Å². The van der Waals surface area contributed by atoms with Gasteiger partial charge in [0.2, 0.25) is 0 Å². The number of hydrogen-bond donors (Lipinski definition) is 0. The third-order valence-electron chi connectivity index (χ3n) is 2.92. The molecule has 0 amide bonds. The first-order valence-electron chi connectivity index (χ1n) is 5.60. The first kappa shape index (κ1) is 12.2. The van der Waals surface area contributed by atoms with Gasteiger partial charge >= 0.3 is 0 Å². The van der Waals surface area contributed by atoms with Crippen molar-refractivity contribution in [2.24, 2.45) is 5.41 Å². The molecule has 0 N–H and O–H groups in total. The van der Waals surface area contributed by atoms with Gasteiger partial charge in [0, 0.05) is 10.2 Å². The first-order valence-corrected chi connectivity index (χ1v) is 7.02. The van der Waals surface area contributed by atoms with E-state index in [1.54, 1.807) is 0 Å². The van der Waals surface area contributed by atoms with Crippen molar-refractivity contribution in [1.82, 2.24) is 0 Å². The lowest BCUT2D eigenvalue weighted by molar-refractivity contribution is -0.0485. The second kappa shape index (κ2) is 4.33. The minimum Gasteiger partial charge on any atom is -0.373 e. The maximum Gasteiger partial charge on any atom is 0.104 e. The molecule has 1 aliphatic heterocycles. The molecule has 1 fully saturated rings. The maximum atomic E-state index is 5.88. The fourth-order valence-corrected chi connectivity index (χ4v) is 2.06. The third kappa shape index (κ3) is 4.58. The van der Waals surface area contributed by atoms with E-state index in [-0.39, 0.29) is 5.60 Å². The van der Waals surface area contributed by atoms with Crippen LogP contribution in [0.15, 0.2) is 0 Å². The molecule has 3 heteroatoms. The predicted molar refractivity (Wildman–Crippen MR) is 62.9 cm³/mol. The van der Waals surface area contributed by atoms with E-state index in [4.69, 9.17) is 9.47 Å². The highest BCUT2D eigenvalue weighted by Gasteiger charge is 2.31. The Hall–Kier alpha value is 0.137. The molecule has 1 atom stereocenters. The van der Waals surface area contributed by atoms with Crippen LogP contribution in [0.2, 0.25) is 6.04 Å². The Kier molecular flexibility index (Phi) is 3.78. The van der Waals surface area contributed by atoms with Gasteiger partial charge in [0.25, 0.3) is 0 Å². The third-order valence-corrected chi connectivity index (χ3v) is 4.84. The summed E-state index contributed by atoms with van der Waals surface area (Å²) in [5, 5.41) is 0. The van der Waals surface area contributed by atoms with Crippen molar-refractivity contribution in [3.05, 3.63) is 0 Å². The van der Waals surface area contributed by atoms with Crippen LogP contribution in [-0.4, -0.2) is 35.2 Å². The Morgan fingerprint density at radius 2 is 1.93 bits per heavy atom. The molecule has 2 nitrogen and oxygen atoms in total. The van der Waals surface area contributed by atoms with Crippen LogP contribution in [0.3, 0.4) is 0 Å². The Labute approximate surface area is 90.8 Å². The number of ether oxygens (including phenoxy) is 2. The largest absolute Gasteiger partial charge is 0.373 e. The van der Waals surface area contributed by atoms with Gasteiger partial charge < -0.3 is 9.47 Å². The van der Waals surface area contributed by atoms with Crippen molar-refractivity contribution < 1.29 is 9.47 Å². The molecule has 0 bridgehead atoms. The molecule has 0 spiro atoms. The van der Waals surface area contributed by atoms with Crippen molar-refractivity contribution in [2.75, 3.05) is 13.2 Å². The highest BCUT2D eigenvalue weighted by atomic mass is 28.1. The Balaban J connectivity index is 2.30. The summed E-state index contributed by atoms with van der Waals surface area (Å²) in [6, 6.07) is 1.33. The summed E-state index contributed by atoms with van der Waals surface area (Å²) in [4.78, 5) is 0. The van der Waals surface area contributed by atoms with Crippen molar-refractivity contribution in [1.29, 1.82) is 0 Å². The maximum absolute atomic E-state index is 5.88. The Bertz CT molecular complexity index is 186. The molecule has 0 aromatic carbocycles. The molecule has 0 aromatic rings. The molecule has 1 unspecified atom stereocenters. The van der Waals surface area contributed by atoms with Gasteiger partial charge in [-0.1, -0.05) is 19.9 Å². The standard InChI is InChI=1S/C11H24O2Si/c1-10(2,8-14)7-11(3,4)13-6-9-5-12-9/h9H,5-8H2,1-4,14H3. The molecule has 0 saturated carbocycles. The van der Waals surface area contributed by atoms with Crippen molar-refractivity contribution >= 4 is 10.2 Å². The smallest absolute Gasteiger partial charge is 0.104 e. The Morgan fingerprint density at radius 3 is 2.36 bits per heavy atom. The van der Waals surface area contributed by atoms with E-state index >= 15 is 0 Å². The zero-order valence-electron chi connectivity index (χ0n) is 10.2. The van der Waals surface area contributed by atoms with Gasteiger partial charge in [-0.15, -0.1) is 0 Å². The van der Waals surface area contributed by atoms with Crippen LogP contribution < -0.4 is 0 Å². The average molecular weight is 216 g/mol. The molecular formula is C11H24O2Si. The zero-order valence-corrected chi connectivity index (χ0v) is 12.2. The van der Waals surface area contributed by atoms with Crippen LogP contribution in [-0.2, 0) is 9.47 Å². The lowest BCUT2D eigenvalue weighted by Gasteiger charge is -2.34. The van der Waals surface area contributed by atoms with E-state index < -0.39 is 0 Å². The summed E-state index contributed by atoms with van der Waals surface area (Å²) in [7, 11) is 1.27. The molecule has 1 saturated heterocycles. The molecule has 1 aliphatic rings. The van der Waals surface area contributed by atoms with Crippen LogP contribution in [0, 0.1) is 5.41 Å². The second-order valence-corrected chi connectivity index (χ2v) is 6.43. The summed E-state index contributed by atoms with van der Waals surface area (Å²) in [6.07, 6.45) is 1.52. The minimum atomic E-state index is -0.000139. The van der Waals surface area contributed by atoms with E-state index in [0.717, 1.165) is 19.6 Å². The summed E-state index contributed by atoms with van der Waals surface area (Å²) < 4.78 is 11.0. The van der Waals surface area contributed by atoms with Gasteiger partial charge in [0.05, 0.1) is 18.8 Å². The lowest BCUT2D eigenvalue weighted by Crippen LogP contribution is -2.32. The number of epoxide rings is 1. The summed E-state index contributed by atoms with van der Waals surface area (Å²) in [6.45, 7) is 10.7. The average Bonchev–Trinajstić information content (AvgIpc) is 2.82. The van der Waals surface area contributed by atoms with Gasteiger partial charge in [-0.2, -0.15) is 0 Å². The van der Waals surface area contributed by atoms with Crippen LogP contribution in [0.25, 0.3) is 0 Å². The van der Waals surface area contributed by atoms with Crippen LogP contribution in [0.5, 0.6) is 0 Å². The normalized spacial score (nSPS) is 22.7. The number of hydrogen-bond acceptors (Lipinski definition) is 2. The molecule has 0 aromatic heterocycles. The van der Waals surface area contributed by atoms with E-state index in [0.29, 0.717) is 11.5 Å². The molecule has 0 radical (unpaired) electrons.